The van der Waals surface area contributed by atoms with Crippen LogP contribution < -0.4 is 4.72 Å². The second kappa shape index (κ2) is 6.02. The molecule has 0 unspecified atom stereocenters. The number of sulfonamides is 1. The van der Waals surface area contributed by atoms with Crippen molar-refractivity contribution < 1.29 is 8.42 Å². The minimum atomic E-state index is -3.11. The highest BCUT2D eigenvalue weighted by Gasteiger charge is 2.32. The Morgan fingerprint density at radius 1 is 1.24 bits per heavy atom. The third kappa shape index (κ3) is 4.52. The Labute approximate surface area is 114 Å². The third-order valence-corrected chi connectivity index (χ3v) is 7.02. The highest BCUT2D eigenvalue weighted by Crippen LogP contribution is 2.40. The summed E-state index contributed by atoms with van der Waals surface area (Å²) >= 11 is 3.00. The van der Waals surface area contributed by atoms with E-state index in [0.717, 1.165) is 31.6 Å². The van der Waals surface area contributed by atoms with E-state index in [1.807, 2.05) is 0 Å². The fourth-order valence-corrected chi connectivity index (χ4v) is 3.77. The molecular weight excluding hydrogens is 302 g/mol. The lowest BCUT2D eigenvalue weighted by Gasteiger charge is -2.38. The molecule has 0 amide bonds. The number of halogens is 1. The average Bonchev–Trinajstić information content (AvgIpc) is 2.29. The Bertz CT molecular complexity index is 332. The van der Waals surface area contributed by atoms with Gasteiger partial charge in [0.05, 0.1) is 0 Å². The van der Waals surface area contributed by atoms with Crippen molar-refractivity contribution in [3.8, 4) is 0 Å². The lowest BCUT2D eigenvalue weighted by atomic mass is 9.69. The Morgan fingerprint density at radius 2 is 1.76 bits per heavy atom. The minimum Gasteiger partial charge on any atom is -0.212 e. The molecule has 1 saturated carbocycles. The van der Waals surface area contributed by atoms with Crippen molar-refractivity contribution in [3.63, 3.8) is 0 Å². The van der Waals surface area contributed by atoms with Crippen LogP contribution in [-0.4, -0.2) is 19.1 Å². The molecule has 0 spiro atoms. The summed E-state index contributed by atoms with van der Waals surface area (Å²) in [5.41, 5.74) is 0.388. The first-order chi connectivity index (χ1) is 7.80. The Hall–Kier alpha value is 0.390. The minimum absolute atomic E-state index is 0.000379. The van der Waals surface area contributed by atoms with Crippen LogP contribution in [0.2, 0.25) is 0 Å². The molecule has 1 fully saturated rings. The van der Waals surface area contributed by atoms with Crippen LogP contribution in [0.1, 0.15) is 52.9 Å². The number of hydrogen-bond donors (Lipinski definition) is 1. The standard InChI is InChI=1S/C12H24BrNO2S/c1-4-12(2,3)10-5-7-11(8-6-10)14-17(15,16)9-13/h10-11,14H,4-9H2,1-3H3. The summed E-state index contributed by atoms with van der Waals surface area (Å²) in [7, 11) is -3.11. The maximum Gasteiger partial charge on any atom is 0.221 e. The number of alkyl halides is 1. The summed E-state index contributed by atoms with van der Waals surface area (Å²) in [5.74, 6) is 0.734. The van der Waals surface area contributed by atoms with Crippen LogP contribution >= 0.6 is 15.9 Å². The fourth-order valence-electron chi connectivity index (χ4n) is 2.57. The van der Waals surface area contributed by atoms with E-state index in [4.69, 9.17) is 0 Å². The van der Waals surface area contributed by atoms with Gasteiger partial charge in [-0.2, -0.15) is 0 Å². The van der Waals surface area contributed by atoms with Gasteiger partial charge in [-0.3, -0.25) is 0 Å². The van der Waals surface area contributed by atoms with Gasteiger partial charge in [0.15, 0.2) is 0 Å². The van der Waals surface area contributed by atoms with Gasteiger partial charge in [0.1, 0.15) is 4.66 Å². The summed E-state index contributed by atoms with van der Waals surface area (Å²) in [5, 5.41) is 0. The van der Waals surface area contributed by atoms with Crippen LogP contribution in [0, 0.1) is 11.3 Å². The second-order valence-electron chi connectivity index (χ2n) is 5.73. The van der Waals surface area contributed by atoms with Crippen molar-refractivity contribution in [1.82, 2.24) is 4.72 Å². The van der Waals surface area contributed by atoms with Gasteiger partial charge < -0.3 is 0 Å². The topological polar surface area (TPSA) is 46.2 Å². The molecule has 0 bridgehead atoms. The summed E-state index contributed by atoms with van der Waals surface area (Å²) in [6.07, 6.45) is 5.41. The number of rotatable bonds is 5. The molecule has 3 nitrogen and oxygen atoms in total. The monoisotopic (exact) mass is 325 g/mol. The van der Waals surface area contributed by atoms with E-state index < -0.39 is 10.0 Å². The van der Waals surface area contributed by atoms with E-state index >= 15 is 0 Å². The molecule has 1 rings (SSSR count). The molecule has 0 aromatic carbocycles. The van der Waals surface area contributed by atoms with Gasteiger partial charge in [-0.15, -0.1) is 0 Å². The zero-order chi connectivity index (χ0) is 13.1. The number of nitrogens with one attached hydrogen (secondary N) is 1. The molecule has 0 aromatic rings. The molecule has 0 radical (unpaired) electrons. The van der Waals surface area contributed by atoms with Crippen LogP contribution in [0.15, 0.2) is 0 Å². The third-order valence-electron chi connectivity index (χ3n) is 4.23. The lowest BCUT2D eigenvalue weighted by molar-refractivity contribution is 0.142. The van der Waals surface area contributed by atoms with Crippen molar-refractivity contribution in [2.45, 2.75) is 58.9 Å². The second-order valence-corrected chi connectivity index (χ2v) is 8.79. The molecule has 0 atom stereocenters. The van der Waals surface area contributed by atoms with Gasteiger partial charge in [0, 0.05) is 6.04 Å². The van der Waals surface area contributed by atoms with E-state index in [2.05, 4.69) is 41.4 Å². The first-order valence-electron chi connectivity index (χ1n) is 6.36. The Kier molecular flexibility index (Phi) is 5.47. The molecule has 102 valence electrons. The predicted molar refractivity (Wildman–Crippen MR) is 75.7 cm³/mol. The fraction of sp³-hybridized carbons (Fsp3) is 1.00. The average molecular weight is 326 g/mol. The van der Waals surface area contributed by atoms with Gasteiger partial charge in [-0.25, -0.2) is 13.1 Å². The van der Waals surface area contributed by atoms with Crippen LogP contribution in [0.5, 0.6) is 0 Å². The van der Waals surface area contributed by atoms with Crippen molar-refractivity contribution in [2.75, 3.05) is 4.66 Å². The van der Waals surface area contributed by atoms with Crippen molar-refractivity contribution in [2.24, 2.45) is 11.3 Å². The summed E-state index contributed by atoms with van der Waals surface area (Å²) in [6.45, 7) is 6.88. The molecule has 1 aliphatic rings. The van der Waals surface area contributed by atoms with Crippen LogP contribution in [-0.2, 0) is 10.0 Å². The Balaban J connectivity index is 2.47. The normalized spacial score (nSPS) is 27.1. The maximum atomic E-state index is 11.4. The van der Waals surface area contributed by atoms with Crippen LogP contribution in [0.25, 0.3) is 0 Å². The van der Waals surface area contributed by atoms with Gasteiger partial charge in [0.25, 0.3) is 0 Å². The zero-order valence-electron chi connectivity index (χ0n) is 11.0. The smallest absolute Gasteiger partial charge is 0.212 e. The van der Waals surface area contributed by atoms with E-state index in [-0.39, 0.29) is 10.7 Å². The molecule has 5 heteroatoms. The largest absolute Gasteiger partial charge is 0.221 e. The summed E-state index contributed by atoms with van der Waals surface area (Å²) in [6, 6.07) is 0.140. The quantitative estimate of drug-likeness (QED) is 0.788. The predicted octanol–water partition coefficient (Wildman–Crippen LogP) is 3.25. The van der Waals surface area contributed by atoms with Crippen molar-refractivity contribution in [1.29, 1.82) is 0 Å². The molecule has 1 N–H and O–H groups in total. The molecule has 0 saturated heterocycles. The molecule has 17 heavy (non-hydrogen) atoms. The van der Waals surface area contributed by atoms with Gasteiger partial charge in [-0.05, 0) is 37.0 Å². The van der Waals surface area contributed by atoms with E-state index in [9.17, 15) is 8.42 Å². The van der Waals surface area contributed by atoms with Crippen molar-refractivity contribution >= 4 is 26.0 Å². The van der Waals surface area contributed by atoms with Gasteiger partial charge in [0.2, 0.25) is 10.0 Å². The maximum absolute atomic E-state index is 11.4. The van der Waals surface area contributed by atoms with Crippen LogP contribution in [0.3, 0.4) is 0 Å². The summed E-state index contributed by atoms with van der Waals surface area (Å²) in [4.78, 5) is 0. The summed E-state index contributed by atoms with van der Waals surface area (Å²) < 4.78 is 25.6. The first-order valence-corrected chi connectivity index (χ1v) is 9.14. The highest BCUT2D eigenvalue weighted by atomic mass is 79.9. The van der Waals surface area contributed by atoms with Crippen LogP contribution in [0.4, 0.5) is 0 Å². The zero-order valence-corrected chi connectivity index (χ0v) is 13.4. The molecule has 1 aliphatic carbocycles. The SMILES string of the molecule is CCC(C)(C)C1CCC(NS(=O)(=O)CBr)CC1. The van der Waals surface area contributed by atoms with E-state index in [0.29, 0.717) is 5.41 Å². The molecule has 0 aliphatic heterocycles. The lowest BCUT2D eigenvalue weighted by Crippen LogP contribution is -2.40. The first kappa shape index (κ1) is 15.4. The van der Waals surface area contributed by atoms with Gasteiger partial charge in [-0.1, -0.05) is 43.1 Å². The highest BCUT2D eigenvalue weighted by molar-refractivity contribution is 9.10. The van der Waals surface area contributed by atoms with Gasteiger partial charge >= 0.3 is 0 Å². The van der Waals surface area contributed by atoms with E-state index in [1.165, 1.54) is 6.42 Å². The molecule has 0 aromatic heterocycles. The van der Waals surface area contributed by atoms with E-state index in [1.54, 1.807) is 0 Å². The van der Waals surface area contributed by atoms with Crippen molar-refractivity contribution in [3.05, 3.63) is 0 Å². The molecular formula is C12H24BrNO2S. The molecule has 0 heterocycles. The number of hydrogen-bond acceptors (Lipinski definition) is 2. The Morgan fingerprint density at radius 3 is 2.18 bits per heavy atom.